The Bertz CT molecular complexity index is 1190. The van der Waals surface area contributed by atoms with Crippen molar-refractivity contribution >= 4 is 17.2 Å². The van der Waals surface area contributed by atoms with E-state index in [1.807, 2.05) is 31.3 Å². The van der Waals surface area contributed by atoms with Crippen LogP contribution in [-0.4, -0.2) is 12.8 Å². The predicted octanol–water partition coefficient (Wildman–Crippen LogP) is 7.26. The molecule has 0 N–H and O–H groups in total. The summed E-state index contributed by atoms with van der Waals surface area (Å²) in [6, 6.07) is 25.2. The lowest BCUT2D eigenvalue weighted by Crippen LogP contribution is -2.15. The van der Waals surface area contributed by atoms with Gasteiger partial charge in [0.15, 0.2) is 0 Å². The average Bonchev–Trinajstić information content (AvgIpc) is 3.27. The zero-order valence-corrected chi connectivity index (χ0v) is 18.6. The molecule has 5 rings (SSSR count). The molecule has 162 valence electrons. The number of benzene rings is 3. The van der Waals surface area contributed by atoms with Crippen LogP contribution in [0.25, 0.3) is 22.3 Å². The monoisotopic (exact) mass is 423 g/mol. The highest BCUT2D eigenvalue weighted by atomic mass is 16.5. The molecule has 0 radical (unpaired) electrons. The number of aryl methyl sites for hydroxylation is 1. The first-order valence-corrected chi connectivity index (χ1v) is 11.6. The zero-order chi connectivity index (χ0) is 21.8. The molecular formula is C29H29NO2. The van der Waals surface area contributed by atoms with Crippen molar-refractivity contribution in [3.05, 3.63) is 89.5 Å². The number of rotatable bonds is 7. The van der Waals surface area contributed by atoms with Crippen LogP contribution >= 0.6 is 0 Å². The molecule has 1 aliphatic carbocycles. The minimum Gasteiger partial charge on any atom is -0.489 e. The van der Waals surface area contributed by atoms with Gasteiger partial charge in [-0.05, 0) is 85.7 Å². The van der Waals surface area contributed by atoms with Crippen LogP contribution in [0.15, 0.2) is 82.2 Å². The summed E-state index contributed by atoms with van der Waals surface area (Å²) >= 11 is 0. The second-order valence-corrected chi connectivity index (χ2v) is 8.63. The molecule has 1 heterocycles. The molecular weight excluding hydrogens is 394 g/mol. The molecule has 4 aromatic rings. The Hall–Kier alpha value is -3.33. The fourth-order valence-electron chi connectivity index (χ4n) is 4.59. The van der Waals surface area contributed by atoms with Gasteiger partial charge in [-0.15, -0.1) is 0 Å². The van der Waals surface area contributed by atoms with Crippen molar-refractivity contribution in [2.24, 2.45) is 10.9 Å². The van der Waals surface area contributed by atoms with Crippen molar-refractivity contribution in [1.82, 2.24) is 0 Å². The van der Waals surface area contributed by atoms with E-state index in [9.17, 15) is 0 Å². The van der Waals surface area contributed by atoms with E-state index in [1.54, 1.807) is 0 Å². The average molecular weight is 424 g/mol. The van der Waals surface area contributed by atoms with E-state index in [-0.39, 0.29) is 0 Å². The summed E-state index contributed by atoms with van der Waals surface area (Å²) in [6.07, 6.45) is 6.65. The van der Waals surface area contributed by atoms with E-state index < -0.39 is 0 Å². The van der Waals surface area contributed by atoms with Gasteiger partial charge in [0.1, 0.15) is 23.7 Å². The molecule has 1 atom stereocenters. The molecule has 0 saturated carbocycles. The summed E-state index contributed by atoms with van der Waals surface area (Å²) in [5.74, 6) is 2.61. The van der Waals surface area contributed by atoms with Crippen molar-refractivity contribution in [1.29, 1.82) is 0 Å². The first kappa shape index (κ1) is 20.6. The molecule has 0 spiro atoms. The van der Waals surface area contributed by atoms with Gasteiger partial charge in [0.2, 0.25) is 0 Å². The first-order chi connectivity index (χ1) is 15.8. The van der Waals surface area contributed by atoms with E-state index in [2.05, 4.69) is 59.6 Å². The molecule has 1 aromatic heterocycles. The summed E-state index contributed by atoms with van der Waals surface area (Å²) in [6.45, 7) is 3.51. The third-order valence-electron chi connectivity index (χ3n) is 6.43. The molecule has 1 aliphatic rings. The molecule has 0 fully saturated rings. The van der Waals surface area contributed by atoms with Crippen LogP contribution in [0.5, 0.6) is 5.75 Å². The normalized spacial score (nSPS) is 15.8. The van der Waals surface area contributed by atoms with Gasteiger partial charge in [-0.3, -0.25) is 4.99 Å². The van der Waals surface area contributed by atoms with Gasteiger partial charge < -0.3 is 9.15 Å². The number of furan rings is 1. The van der Waals surface area contributed by atoms with Gasteiger partial charge >= 0.3 is 0 Å². The van der Waals surface area contributed by atoms with E-state index >= 15 is 0 Å². The minimum absolute atomic E-state index is 0.566. The van der Waals surface area contributed by atoms with Crippen LogP contribution in [-0.2, 0) is 19.4 Å². The molecule has 1 unspecified atom stereocenters. The van der Waals surface area contributed by atoms with Crippen LogP contribution in [0.3, 0.4) is 0 Å². The van der Waals surface area contributed by atoms with Crippen LogP contribution in [0.2, 0.25) is 0 Å². The molecule has 0 bridgehead atoms. The number of nitrogens with zero attached hydrogens (tertiary/aromatic N) is 1. The first-order valence-electron chi connectivity index (χ1n) is 11.6. The SMILES string of the molecule is C/C=N/CCC1CCc2cc(OCc3ccc(-c4cc5ccccc5o4)cc3)ccc2C1. The Balaban J connectivity index is 1.20. The van der Waals surface area contributed by atoms with Crippen molar-refractivity contribution in [2.45, 2.75) is 39.2 Å². The van der Waals surface area contributed by atoms with E-state index in [0.717, 1.165) is 58.9 Å². The Labute approximate surface area is 189 Å². The summed E-state index contributed by atoms with van der Waals surface area (Å²) in [4.78, 5) is 4.37. The number of para-hydroxylation sites is 1. The van der Waals surface area contributed by atoms with Crippen LogP contribution < -0.4 is 4.74 Å². The highest BCUT2D eigenvalue weighted by Gasteiger charge is 2.18. The third-order valence-corrected chi connectivity index (χ3v) is 6.43. The molecule has 0 amide bonds. The van der Waals surface area contributed by atoms with Crippen LogP contribution in [0.1, 0.15) is 36.5 Å². The second kappa shape index (κ2) is 9.44. The molecule has 3 nitrogen and oxygen atoms in total. The largest absolute Gasteiger partial charge is 0.489 e. The Morgan fingerprint density at radius 2 is 1.88 bits per heavy atom. The molecule has 3 heteroatoms. The van der Waals surface area contributed by atoms with Gasteiger partial charge in [-0.2, -0.15) is 0 Å². The van der Waals surface area contributed by atoms with Gasteiger partial charge in [0.05, 0.1) is 0 Å². The molecule has 0 saturated heterocycles. The van der Waals surface area contributed by atoms with Crippen molar-refractivity contribution in [2.75, 3.05) is 6.54 Å². The molecule has 32 heavy (non-hydrogen) atoms. The second-order valence-electron chi connectivity index (χ2n) is 8.63. The number of fused-ring (bicyclic) bond motifs is 2. The van der Waals surface area contributed by atoms with E-state index in [0.29, 0.717) is 6.61 Å². The highest BCUT2D eigenvalue weighted by Crippen LogP contribution is 2.31. The summed E-state index contributed by atoms with van der Waals surface area (Å²) < 4.78 is 12.1. The maximum absolute atomic E-state index is 6.12. The van der Waals surface area contributed by atoms with E-state index in [4.69, 9.17) is 9.15 Å². The maximum Gasteiger partial charge on any atom is 0.135 e. The summed E-state index contributed by atoms with van der Waals surface area (Å²) in [5.41, 5.74) is 6.07. The van der Waals surface area contributed by atoms with Crippen LogP contribution in [0.4, 0.5) is 0 Å². The topological polar surface area (TPSA) is 34.7 Å². The van der Waals surface area contributed by atoms with Crippen molar-refractivity contribution in [3.8, 4) is 17.1 Å². The summed E-state index contributed by atoms with van der Waals surface area (Å²) in [7, 11) is 0. The number of hydrogen-bond donors (Lipinski definition) is 0. The lowest BCUT2D eigenvalue weighted by Gasteiger charge is -2.24. The number of hydrogen-bond acceptors (Lipinski definition) is 3. The highest BCUT2D eigenvalue weighted by molar-refractivity contribution is 5.82. The number of aliphatic imine (C=N–C) groups is 1. The van der Waals surface area contributed by atoms with Gasteiger partial charge in [-0.1, -0.05) is 48.5 Å². The lowest BCUT2D eigenvalue weighted by molar-refractivity contribution is 0.305. The molecule has 3 aromatic carbocycles. The zero-order valence-electron chi connectivity index (χ0n) is 18.6. The van der Waals surface area contributed by atoms with Gasteiger partial charge in [-0.25, -0.2) is 0 Å². The van der Waals surface area contributed by atoms with Crippen LogP contribution in [0, 0.1) is 5.92 Å². The molecule has 0 aliphatic heterocycles. The van der Waals surface area contributed by atoms with Crippen molar-refractivity contribution < 1.29 is 9.15 Å². The third kappa shape index (κ3) is 4.62. The Morgan fingerprint density at radius 3 is 2.72 bits per heavy atom. The maximum atomic E-state index is 6.12. The quantitative estimate of drug-likeness (QED) is 0.293. The minimum atomic E-state index is 0.566. The lowest BCUT2D eigenvalue weighted by atomic mass is 9.82. The fraction of sp³-hybridized carbons (Fsp3) is 0.276. The summed E-state index contributed by atoms with van der Waals surface area (Å²) in [5, 5.41) is 1.13. The van der Waals surface area contributed by atoms with Gasteiger partial charge in [0.25, 0.3) is 0 Å². The predicted molar refractivity (Wildman–Crippen MR) is 132 cm³/mol. The smallest absolute Gasteiger partial charge is 0.135 e. The standard InChI is InChI=1S/C29H29NO2/c1-2-30-16-15-21-7-12-25-18-27(14-13-24(25)17-21)31-20-22-8-10-23(11-9-22)29-19-26-5-3-4-6-28(26)32-29/h2-6,8-11,13-14,18-19,21H,7,12,15-17,20H2,1H3/b30-2+. The fourth-order valence-corrected chi connectivity index (χ4v) is 4.59. The van der Waals surface area contributed by atoms with Gasteiger partial charge in [0, 0.05) is 17.5 Å². The Kier molecular flexibility index (Phi) is 6.06. The van der Waals surface area contributed by atoms with Crippen molar-refractivity contribution in [3.63, 3.8) is 0 Å². The number of ether oxygens (including phenoxy) is 1. The Morgan fingerprint density at radius 1 is 1.00 bits per heavy atom. The van der Waals surface area contributed by atoms with E-state index in [1.165, 1.54) is 24.0 Å².